The zero-order chi connectivity index (χ0) is 15.6. The quantitative estimate of drug-likeness (QED) is 0.896. The molecule has 1 aliphatic rings. The van der Waals surface area contributed by atoms with Crippen LogP contribution in [0.25, 0.3) is 0 Å². The zero-order valence-corrected chi connectivity index (χ0v) is 11.9. The van der Waals surface area contributed by atoms with Gasteiger partial charge in [0.25, 0.3) is 0 Å². The van der Waals surface area contributed by atoms with Crippen molar-refractivity contribution in [1.29, 1.82) is 0 Å². The molecule has 2 atom stereocenters. The fraction of sp³-hybridized carbons (Fsp3) is 0.385. The third kappa shape index (κ3) is 3.43. The molecule has 2 N–H and O–H groups in total. The summed E-state index contributed by atoms with van der Waals surface area (Å²) in [6.45, 7) is 0.175. The number of ether oxygens (including phenoxy) is 1. The smallest absolute Gasteiger partial charge is 0.326 e. The summed E-state index contributed by atoms with van der Waals surface area (Å²) < 4.78 is 18.2. The molecule has 6 nitrogen and oxygen atoms in total. The van der Waals surface area contributed by atoms with Gasteiger partial charge in [-0.1, -0.05) is 11.6 Å². The van der Waals surface area contributed by atoms with Crippen LogP contribution in [-0.4, -0.2) is 47.8 Å². The fourth-order valence-corrected chi connectivity index (χ4v) is 2.38. The number of aliphatic carboxylic acids is 1. The molecular formula is C13H14ClFN2O4. The first kappa shape index (κ1) is 15.5. The number of carboxylic acid groups (broad SMARTS) is 1. The van der Waals surface area contributed by atoms with Crippen molar-refractivity contribution < 1.29 is 23.8 Å². The van der Waals surface area contributed by atoms with Gasteiger partial charge in [-0.15, -0.1) is 0 Å². The van der Waals surface area contributed by atoms with E-state index in [0.717, 1.165) is 6.07 Å². The molecule has 1 aromatic carbocycles. The number of nitrogens with one attached hydrogen (secondary N) is 1. The number of halogens is 2. The van der Waals surface area contributed by atoms with E-state index >= 15 is 0 Å². The van der Waals surface area contributed by atoms with Crippen molar-refractivity contribution in [2.45, 2.75) is 18.6 Å². The van der Waals surface area contributed by atoms with Crippen LogP contribution in [0.5, 0.6) is 0 Å². The minimum atomic E-state index is -1.10. The molecule has 0 bridgehead atoms. The molecule has 2 amide bonds. The average Bonchev–Trinajstić information content (AvgIpc) is 2.87. The lowest BCUT2D eigenvalue weighted by Crippen LogP contribution is -2.43. The number of anilines is 1. The van der Waals surface area contributed by atoms with E-state index in [1.807, 2.05) is 0 Å². The highest BCUT2D eigenvalue weighted by Gasteiger charge is 2.39. The molecule has 0 radical (unpaired) electrons. The van der Waals surface area contributed by atoms with Crippen LogP contribution in [0.2, 0.25) is 5.02 Å². The summed E-state index contributed by atoms with van der Waals surface area (Å²) >= 11 is 5.63. The molecule has 2 rings (SSSR count). The second-order valence-electron chi connectivity index (χ2n) is 4.66. The molecule has 0 saturated carbocycles. The minimum absolute atomic E-state index is 0.126. The second kappa shape index (κ2) is 6.28. The monoisotopic (exact) mass is 316 g/mol. The van der Waals surface area contributed by atoms with Gasteiger partial charge in [0.05, 0.1) is 11.1 Å². The lowest BCUT2D eigenvalue weighted by molar-refractivity contribution is -0.141. The van der Waals surface area contributed by atoms with Crippen molar-refractivity contribution in [1.82, 2.24) is 4.90 Å². The second-order valence-corrected chi connectivity index (χ2v) is 5.07. The summed E-state index contributed by atoms with van der Waals surface area (Å²) in [5, 5.41) is 11.5. The Morgan fingerprint density at radius 2 is 2.24 bits per heavy atom. The van der Waals surface area contributed by atoms with Gasteiger partial charge in [-0.25, -0.2) is 14.0 Å². The molecule has 1 fully saturated rings. The van der Waals surface area contributed by atoms with E-state index in [1.165, 1.54) is 24.1 Å². The van der Waals surface area contributed by atoms with Crippen LogP contribution in [0.3, 0.4) is 0 Å². The average molecular weight is 317 g/mol. The van der Waals surface area contributed by atoms with Crippen molar-refractivity contribution in [3.8, 4) is 0 Å². The number of hydrogen-bond donors (Lipinski definition) is 2. The number of nitrogens with zero attached hydrogens (tertiary/aromatic N) is 1. The van der Waals surface area contributed by atoms with Gasteiger partial charge in [0.1, 0.15) is 11.9 Å². The maximum absolute atomic E-state index is 13.1. The van der Waals surface area contributed by atoms with E-state index in [2.05, 4.69) is 5.32 Å². The largest absolute Gasteiger partial charge is 0.480 e. The molecule has 21 heavy (non-hydrogen) atoms. The molecule has 1 saturated heterocycles. The molecule has 8 heteroatoms. The summed E-state index contributed by atoms with van der Waals surface area (Å²) in [5.41, 5.74) is 0.288. The molecule has 1 aromatic rings. The molecular weight excluding hydrogens is 303 g/mol. The summed E-state index contributed by atoms with van der Waals surface area (Å²) in [7, 11) is 1.46. The Labute approximate surface area is 125 Å². The van der Waals surface area contributed by atoms with Gasteiger partial charge >= 0.3 is 12.0 Å². The van der Waals surface area contributed by atoms with E-state index in [0.29, 0.717) is 0 Å². The Balaban J connectivity index is 2.11. The Morgan fingerprint density at radius 3 is 2.81 bits per heavy atom. The van der Waals surface area contributed by atoms with Crippen molar-refractivity contribution in [2.75, 3.05) is 19.0 Å². The van der Waals surface area contributed by atoms with E-state index in [4.69, 9.17) is 21.4 Å². The normalized spacial score (nSPS) is 21.4. The maximum atomic E-state index is 13.1. The highest BCUT2D eigenvalue weighted by atomic mass is 35.5. The van der Waals surface area contributed by atoms with Crippen molar-refractivity contribution in [3.05, 3.63) is 29.0 Å². The molecule has 0 aromatic heterocycles. The van der Waals surface area contributed by atoms with Gasteiger partial charge in [0.2, 0.25) is 0 Å². The number of benzene rings is 1. The van der Waals surface area contributed by atoms with Crippen LogP contribution in [0.4, 0.5) is 14.9 Å². The topological polar surface area (TPSA) is 78.9 Å². The van der Waals surface area contributed by atoms with Gasteiger partial charge in [-0.05, 0) is 18.2 Å². The van der Waals surface area contributed by atoms with Gasteiger partial charge in [-0.2, -0.15) is 0 Å². The molecule has 0 spiro atoms. The number of rotatable bonds is 3. The summed E-state index contributed by atoms with van der Waals surface area (Å²) in [6.07, 6.45) is -0.0997. The summed E-state index contributed by atoms with van der Waals surface area (Å²) in [6, 6.07) is 2.18. The number of amides is 2. The fourth-order valence-electron chi connectivity index (χ4n) is 2.20. The van der Waals surface area contributed by atoms with E-state index in [9.17, 15) is 14.0 Å². The first-order chi connectivity index (χ1) is 9.92. The maximum Gasteiger partial charge on any atom is 0.326 e. The SMILES string of the molecule is COC1CC(C(=O)O)N(C(=O)Nc2ccc(F)c(Cl)c2)C1. The van der Waals surface area contributed by atoms with E-state index in [-0.39, 0.29) is 29.8 Å². The third-order valence-electron chi connectivity index (χ3n) is 3.31. The van der Waals surface area contributed by atoms with Crippen LogP contribution >= 0.6 is 11.6 Å². The number of likely N-dealkylation sites (tertiary alicyclic amines) is 1. The Kier molecular flexibility index (Phi) is 4.64. The Morgan fingerprint density at radius 1 is 1.52 bits per heavy atom. The minimum Gasteiger partial charge on any atom is -0.480 e. The highest BCUT2D eigenvalue weighted by molar-refractivity contribution is 6.31. The highest BCUT2D eigenvalue weighted by Crippen LogP contribution is 2.23. The summed E-state index contributed by atoms with van der Waals surface area (Å²) in [4.78, 5) is 24.5. The van der Waals surface area contributed by atoms with Gasteiger partial charge in [0, 0.05) is 25.8 Å². The molecule has 2 unspecified atom stereocenters. The first-order valence-corrected chi connectivity index (χ1v) is 6.58. The predicted octanol–water partition coefficient (Wildman–Crippen LogP) is 2.18. The van der Waals surface area contributed by atoms with Gasteiger partial charge in [0.15, 0.2) is 0 Å². The Hall–Kier alpha value is -1.86. The molecule has 114 valence electrons. The van der Waals surface area contributed by atoms with E-state index in [1.54, 1.807) is 0 Å². The number of hydrogen-bond acceptors (Lipinski definition) is 3. The van der Waals surface area contributed by atoms with Crippen molar-refractivity contribution in [3.63, 3.8) is 0 Å². The van der Waals surface area contributed by atoms with Crippen LogP contribution in [-0.2, 0) is 9.53 Å². The lowest BCUT2D eigenvalue weighted by atomic mass is 10.2. The van der Waals surface area contributed by atoms with Gasteiger partial charge in [-0.3, -0.25) is 0 Å². The third-order valence-corrected chi connectivity index (χ3v) is 3.60. The number of carbonyl (C=O) groups excluding carboxylic acids is 1. The summed E-state index contributed by atoms with van der Waals surface area (Å²) in [5.74, 6) is -1.69. The van der Waals surface area contributed by atoms with Gasteiger partial charge < -0.3 is 20.1 Å². The van der Waals surface area contributed by atoms with Crippen LogP contribution in [0.1, 0.15) is 6.42 Å². The molecule has 0 aliphatic carbocycles. The van der Waals surface area contributed by atoms with Crippen molar-refractivity contribution in [2.24, 2.45) is 0 Å². The van der Waals surface area contributed by atoms with Crippen molar-refractivity contribution >= 4 is 29.3 Å². The van der Waals surface area contributed by atoms with Crippen LogP contribution < -0.4 is 5.32 Å². The standard InChI is InChI=1S/C13H14ClFN2O4/c1-21-8-5-11(12(18)19)17(6-8)13(20)16-7-2-3-10(15)9(14)4-7/h2-4,8,11H,5-6H2,1H3,(H,16,20)(H,18,19). The number of carboxylic acids is 1. The predicted molar refractivity (Wildman–Crippen MR) is 74.0 cm³/mol. The zero-order valence-electron chi connectivity index (χ0n) is 11.2. The number of carbonyl (C=O) groups is 2. The molecule has 1 aliphatic heterocycles. The first-order valence-electron chi connectivity index (χ1n) is 6.20. The van der Waals surface area contributed by atoms with E-state index < -0.39 is 23.9 Å². The Bertz CT molecular complexity index is 569. The number of urea groups is 1. The van der Waals surface area contributed by atoms with Crippen LogP contribution in [0.15, 0.2) is 18.2 Å². The van der Waals surface area contributed by atoms with Crippen LogP contribution in [0, 0.1) is 5.82 Å². The molecule has 1 heterocycles. The lowest BCUT2D eigenvalue weighted by Gasteiger charge is -2.21. The number of methoxy groups -OCH3 is 1.